The third-order valence-electron chi connectivity index (χ3n) is 5.08. The zero-order chi connectivity index (χ0) is 25.6. The highest BCUT2D eigenvalue weighted by Gasteiger charge is 2.26. The number of benzene rings is 2. The summed E-state index contributed by atoms with van der Waals surface area (Å²) in [6.45, 7) is 1.74. The van der Waals surface area contributed by atoms with Gasteiger partial charge >= 0.3 is 0 Å². The summed E-state index contributed by atoms with van der Waals surface area (Å²) in [6, 6.07) is 8.72. The number of amides is 2. The maximum atomic E-state index is 13.1. The molecule has 0 bridgehead atoms. The molecular formula is C22H25Cl4N3O4S. The van der Waals surface area contributed by atoms with Crippen molar-refractivity contribution in [3.8, 4) is 0 Å². The number of rotatable bonds is 10. The lowest BCUT2D eigenvalue weighted by atomic mass is 10.1. The van der Waals surface area contributed by atoms with Crippen molar-refractivity contribution >= 4 is 73.9 Å². The molecule has 1 N–H and O–H groups in total. The van der Waals surface area contributed by atoms with E-state index in [1.54, 1.807) is 31.2 Å². The molecule has 0 aromatic heterocycles. The van der Waals surface area contributed by atoms with E-state index in [1.165, 1.54) is 24.1 Å². The van der Waals surface area contributed by atoms with E-state index >= 15 is 0 Å². The van der Waals surface area contributed by atoms with Crippen molar-refractivity contribution in [3.05, 3.63) is 62.1 Å². The van der Waals surface area contributed by atoms with Crippen LogP contribution in [-0.4, -0.2) is 51.0 Å². The van der Waals surface area contributed by atoms with E-state index < -0.39 is 16.1 Å². The molecule has 0 heterocycles. The lowest BCUT2D eigenvalue weighted by molar-refractivity contribution is -0.140. The standard InChI is InChI=1S/C22H25Cl4N3O4S/c1-14(22(31)27-2)28(13-15-6-8-17(24)19(26)11-15)21(30)5-4-10-29(34(3,32)33)20-12-16(23)7-9-18(20)25/h6-9,11-12,14H,4-5,10,13H2,1-3H3,(H,27,31)/t14-/m0/s1. The summed E-state index contributed by atoms with van der Waals surface area (Å²) in [5.74, 6) is -0.662. The first-order valence-electron chi connectivity index (χ1n) is 10.2. The molecule has 0 fully saturated rings. The number of carbonyl (C=O) groups excluding carboxylic acids is 2. The molecule has 0 aliphatic carbocycles. The van der Waals surface area contributed by atoms with E-state index in [-0.39, 0.29) is 48.5 Å². The Morgan fingerprint density at radius 3 is 2.24 bits per heavy atom. The van der Waals surface area contributed by atoms with E-state index in [4.69, 9.17) is 46.4 Å². The average Bonchev–Trinajstić information content (AvgIpc) is 2.77. The summed E-state index contributed by atoms with van der Waals surface area (Å²) in [4.78, 5) is 26.8. The molecular weight excluding hydrogens is 544 g/mol. The maximum absolute atomic E-state index is 13.1. The highest BCUT2D eigenvalue weighted by atomic mass is 35.5. The van der Waals surface area contributed by atoms with Gasteiger partial charge in [0.2, 0.25) is 21.8 Å². The van der Waals surface area contributed by atoms with Gasteiger partial charge in [0.1, 0.15) is 6.04 Å². The molecule has 0 aliphatic heterocycles. The van der Waals surface area contributed by atoms with Gasteiger partial charge in [0.25, 0.3) is 0 Å². The van der Waals surface area contributed by atoms with Crippen molar-refractivity contribution in [2.75, 3.05) is 24.2 Å². The van der Waals surface area contributed by atoms with Gasteiger partial charge in [0.05, 0.1) is 27.0 Å². The normalized spacial score (nSPS) is 12.2. The predicted octanol–water partition coefficient (Wildman–Crippen LogP) is 5.01. The van der Waals surface area contributed by atoms with Crippen LogP contribution in [0.2, 0.25) is 20.1 Å². The van der Waals surface area contributed by atoms with Gasteiger partial charge in [-0.15, -0.1) is 0 Å². The molecule has 0 aliphatic rings. The van der Waals surface area contributed by atoms with E-state index in [9.17, 15) is 18.0 Å². The van der Waals surface area contributed by atoms with Gasteiger partial charge in [-0.1, -0.05) is 52.5 Å². The van der Waals surface area contributed by atoms with Gasteiger partial charge < -0.3 is 10.2 Å². The van der Waals surface area contributed by atoms with Gasteiger partial charge in [-0.25, -0.2) is 8.42 Å². The summed E-state index contributed by atoms with van der Waals surface area (Å²) in [7, 11) is -2.21. The second-order valence-corrected chi connectivity index (χ2v) is 11.2. The molecule has 0 saturated heterocycles. The maximum Gasteiger partial charge on any atom is 0.242 e. The molecule has 12 heteroatoms. The highest BCUT2D eigenvalue weighted by molar-refractivity contribution is 7.92. The Bertz CT molecular complexity index is 1160. The monoisotopic (exact) mass is 567 g/mol. The molecule has 0 saturated carbocycles. The summed E-state index contributed by atoms with van der Waals surface area (Å²) in [6.07, 6.45) is 1.23. The lowest BCUT2D eigenvalue weighted by Gasteiger charge is -2.29. The van der Waals surface area contributed by atoms with Crippen molar-refractivity contribution < 1.29 is 18.0 Å². The number of hydrogen-bond donors (Lipinski definition) is 1. The van der Waals surface area contributed by atoms with Crippen molar-refractivity contribution in [2.24, 2.45) is 0 Å². The molecule has 0 unspecified atom stereocenters. The quantitative estimate of drug-likeness (QED) is 0.436. The molecule has 2 aromatic rings. The molecule has 7 nitrogen and oxygen atoms in total. The third kappa shape index (κ3) is 7.65. The lowest BCUT2D eigenvalue weighted by Crippen LogP contribution is -2.46. The van der Waals surface area contributed by atoms with Crippen LogP contribution in [0.15, 0.2) is 36.4 Å². The third-order valence-corrected chi connectivity index (χ3v) is 7.55. The SMILES string of the molecule is CNC(=O)[C@H](C)N(Cc1ccc(Cl)c(Cl)c1)C(=O)CCCN(c1cc(Cl)ccc1Cl)S(C)(=O)=O. The first-order chi connectivity index (χ1) is 15.8. The predicted molar refractivity (Wildman–Crippen MR) is 138 cm³/mol. The number of likely N-dealkylation sites (N-methyl/N-ethyl adjacent to an activating group) is 1. The van der Waals surface area contributed by atoms with E-state index in [0.717, 1.165) is 10.6 Å². The summed E-state index contributed by atoms with van der Waals surface area (Å²) >= 11 is 24.3. The van der Waals surface area contributed by atoms with Crippen molar-refractivity contribution in [2.45, 2.75) is 32.4 Å². The second kappa shape index (κ2) is 12.3. The smallest absolute Gasteiger partial charge is 0.242 e. The van der Waals surface area contributed by atoms with Crippen LogP contribution in [0.25, 0.3) is 0 Å². The van der Waals surface area contributed by atoms with Crippen LogP contribution in [0.5, 0.6) is 0 Å². The topological polar surface area (TPSA) is 86.8 Å². The Morgan fingerprint density at radius 1 is 1.00 bits per heavy atom. The average molecular weight is 569 g/mol. The number of hydrogen-bond acceptors (Lipinski definition) is 4. The molecule has 0 spiro atoms. The number of nitrogens with one attached hydrogen (secondary N) is 1. The molecule has 2 aromatic carbocycles. The Hall–Kier alpha value is -1.71. The van der Waals surface area contributed by atoms with E-state index in [0.29, 0.717) is 20.6 Å². The molecule has 2 rings (SSSR count). The fraction of sp³-hybridized carbons (Fsp3) is 0.364. The van der Waals surface area contributed by atoms with E-state index in [2.05, 4.69) is 5.32 Å². The van der Waals surface area contributed by atoms with Gasteiger partial charge in [-0.3, -0.25) is 13.9 Å². The van der Waals surface area contributed by atoms with Crippen LogP contribution in [0.1, 0.15) is 25.3 Å². The number of anilines is 1. The molecule has 34 heavy (non-hydrogen) atoms. The summed E-state index contributed by atoms with van der Waals surface area (Å²) < 4.78 is 25.9. The minimum atomic E-state index is -3.69. The molecule has 1 atom stereocenters. The second-order valence-electron chi connectivity index (χ2n) is 7.59. The van der Waals surface area contributed by atoms with Crippen LogP contribution in [0.3, 0.4) is 0 Å². The van der Waals surface area contributed by atoms with Crippen LogP contribution in [-0.2, 0) is 26.2 Å². The summed E-state index contributed by atoms with van der Waals surface area (Å²) in [5, 5.41) is 3.80. The van der Waals surface area contributed by atoms with Crippen molar-refractivity contribution in [1.29, 1.82) is 0 Å². The highest BCUT2D eigenvalue weighted by Crippen LogP contribution is 2.31. The van der Waals surface area contributed by atoms with Crippen LogP contribution < -0.4 is 9.62 Å². The van der Waals surface area contributed by atoms with Gasteiger partial charge in [0, 0.05) is 31.6 Å². The number of nitrogens with zero attached hydrogens (tertiary/aromatic N) is 2. The zero-order valence-electron chi connectivity index (χ0n) is 18.8. The van der Waals surface area contributed by atoms with Crippen LogP contribution in [0, 0.1) is 0 Å². The molecule has 0 radical (unpaired) electrons. The van der Waals surface area contributed by atoms with Gasteiger partial charge in [0.15, 0.2) is 0 Å². The first kappa shape index (κ1) is 28.5. The molecule has 2 amide bonds. The van der Waals surface area contributed by atoms with Gasteiger partial charge in [-0.05, 0) is 49.2 Å². The van der Waals surface area contributed by atoms with Crippen molar-refractivity contribution in [1.82, 2.24) is 10.2 Å². The number of sulfonamides is 1. The first-order valence-corrected chi connectivity index (χ1v) is 13.6. The Balaban J connectivity index is 2.20. The molecule has 186 valence electrons. The summed E-state index contributed by atoms with van der Waals surface area (Å²) in [5.41, 5.74) is 0.928. The zero-order valence-corrected chi connectivity index (χ0v) is 22.7. The van der Waals surface area contributed by atoms with E-state index in [1.807, 2.05) is 0 Å². The van der Waals surface area contributed by atoms with Gasteiger partial charge in [-0.2, -0.15) is 0 Å². The largest absolute Gasteiger partial charge is 0.357 e. The van der Waals surface area contributed by atoms with Crippen LogP contribution >= 0.6 is 46.4 Å². The Labute approximate surface area is 220 Å². The number of carbonyl (C=O) groups is 2. The Kier molecular flexibility index (Phi) is 10.3. The minimum absolute atomic E-state index is 0.000393. The number of halogens is 4. The van der Waals surface area contributed by atoms with Crippen molar-refractivity contribution in [3.63, 3.8) is 0 Å². The minimum Gasteiger partial charge on any atom is -0.357 e. The fourth-order valence-electron chi connectivity index (χ4n) is 3.29. The fourth-order valence-corrected chi connectivity index (χ4v) is 5.01. The van der Waals surface area contributed by atoms with Crippen LogP contribution in [0.4, 0.5) is 5.69 Å². The Morgan fingerprint density at radius 2 is 1.65 bits per heavy atom.